The SMILES string of the molecule is CC.COC(=O)c1cc(N)c(C=N)cc1NC(=O)c1cccc(C(F)(F)F)n1. The van der Waals surface area contributed by atoms with Crippen LogP contribution in [0.25, 0.3) is 0 Å². The Morgan fingerprint density at radius 2 is 1.89 bits per heavy atom. The molecule has 150 valence electrons. The van der Waals surface area contributed by atoms with E-state index in [0.717, 1.165) is 31.5 Å². The van der Waals surface area contributed by atoms with Gasteiger partial charge in [-0.25, -0.2) is 9.78 Å². The maximum absolute atomic E-state index is 12.7. The van der Waals surface area contributed by atoms with Gasteiger partial charge in [0.25, 0.3) is 5.91 Å². The zero-order valence-electron chi connectivity index (χ0n) is 15.3. The predicted molar refractivity (Wildman–Crippen MR) is 98.6 cm³/mol. The van der Waals surface area contributed by atoms with Crippen LogP contribution in [0.15, 0.2) is 30.3 Å². The molecule has 1 heterocycles. The number of amides is 1. The summed E-state index contributed by atoms with van der Waals surface area (Å²) in [5, 5.41) is 9.57. The molecular formula is C18H19F3N4O3. The van der Waals surface area contributed by atoms with Crippen LogP contribution >= 0.6 is 0 Å². The van der Waals surface area contributed by atoms with Gasteiger partial charge in [-0.15, -0.1) is 0 Å². The van der Waals surface area contributed by atoms with Crippen LogP contribution in [0.4, 0.5) is 24.5 Å². The fraction of sp³-hybridized carbons (Fsp3) is 0.222. The van der Waals surface area contributed by atoms with Gasteiger partial charge in [0.2, 0.25) is 0 Å². The number of pyridine rings is 1. The van der Waals surface area contributed by atoms with E-state index in [1.54, 1.807) is 0 Å². The molecule has 0 saturated carbocycles. The van der Waals surface area contributed by atoms with Gasteiger partial charge in [-0.1, -0.05) is 19.9 Å². The second kappa shape index (κ2) is 9.49. The molecule has 7 nitrogen and oxygen atoms in total. The number of hydrogen-bond donors (Lipinski definition) is 3. The Hall–Kier alpha value is -3.43. The lowest BCUT2D eigenvalue weighted by Gasteiger charge is -2.13. The molecule has 0 atom stereocenters. The van der Waals surface area contributed by atoms with E-state index in [9.17, 15) is 22.8 Å². The number of halogens is 3. The number of methoxy groups -OCH3 is 1. The minimum Gasteiger partial charge on any atom is -0.465 e. The first-order valence-electron chi connectivity index (χ1n) is 8.05. The normalized spacial score (nSPS) is 10.4. The summed E-state index contributed by atoms with van der Waals surface area (Å²) < 4.78 is 42.8. The molecule has 0 aliphatic heterocycles. The average molecular weight is 396 g/mol. The minimum absolute atomic E-state index is 0.0752. The highest BCUT2D eigenvalue weighted by Gasteiger charge is 2.33. The molecular weight excluding hydrogens is 377 g/mol. The Balaban J connectivity index is 0.00000190. The quantitative estimate of drug-likeness (QED) is 0.413. The van der Waals surface area contributed by atoms with Crippen molar-refractivity contribution in [1.29, 1.82) is 5.41 Å². The largest absolute Gasteiger partial charge is 0.465 e. The van der Waals surface area contributed by atoms with Gasteiger partial charge in [0.15, 0.2) is 0 Å². The van der Waals surface area contributed by atoms with Crippen LogP contribution in [0.3, 0.4) is 0 Å². The summed E-state index contributed by atoms with van der Waals surface area (Å²) >= 11 is 0. The smallest absolute Gasteiger partial charge is 0.433 e. The van der Waals surface area contributed by atoms with E-state index in [1.807, 2.05) is 13.8 Å². The standard InChI is InChI=1S/C16H13F3N4O3.C2H6/c1-26-15(25)9-6-10(21)8(7-20)5-12(9)23-14(24)11-3-2-4-13(22-11)16(17,18)19;1-2/h2-7,20H,21H2,1H3,(H,23,24);1-2H3. The molecule has 0 aliphatic rings. The van der Waals surface area contributed by atoms with Crippen molar-refractivity contribution in [2.24, 2.45) is 0 Å². The third-order valence-corrected chi connectivity index (χ3v) is 3.30. The number of nitrogen functional groups attached to an aromatic ring is 1. The summed E-state index contributed by atoms with van der Waals surface area (Å²) in [4.78, 5) is 27.4. The topological polar surface area (TPSA) is 118 Å². The Kier molecular flexibility index (Phi) is 7.66. The van der Waals surface area contributed by atoms with Crippen molar-refractivity contribution in [1.82, 2.24) is 4.98 Å². The first-order valence-corrected chi connectivity index (χ1v) is 8.05. The van der Waals surface area contributed by atoms with Crippen molar-refractivity contribution in [2.75, 3.05) is 18.2 Å². The number of nitrogens with two attached hydrogens (primary N) is 1. The predicted octanol–water partition coefficient (Wildman–Crippen LogP) is 3.75. The number of nitrogens with one attached hydrogen (secondary N) is 2. The Labute approximate surface area is 159 Å². The van der Waals surface area contributed by atoms with Crippen LogP contribution in [0.1, 0.15) is 46.0 Å². The van der Waals surface area contributed by atoms with Gasteiger partial charge in [0.05, 0.1) is 18.4 Å². The molecule has 0 spiro atoms. The molecule has 4 N–H and O–H groups in total. The molecule has 0 radical (unpaired) electrons. The van der Waals surface area contributed by atoms with Crippen molar-refractivity contribution < 1.29 is 27.5 Å². The summed E-state index contributed by atoms with van der Waals surface area (Å²) in [6.45, 7) is 4.00. The summed E-state index contributed by atoms with van der Waals surface area (Å²) in [5.41, 5.74) is 4.07. The van der Waals surface area contributed by atoms with Crippen molar-refractivity contribution in [3.05, 3.63) is 52.8 Å². The van der Waals surface area contributed by atoms with Crippen molar-refractivity contribution in [3.8, 4) is 0 Å². The lowest BCUT2D eigenvalue weighted by molar-refractivity contribution is -0.141. The molecule has 0 unspecified atom stereocenters. The molecule has 10 heteroatoms. The lowest BCUT2D eigenvalue weighted by atomic mass is 10.1. The van der Waals surface area contributed by atoms with Crippen molar-refractivity contribution >= 4 is 29.5 Å². The monoisotopic (exact) mass is 396 g/mol. The maximum atomic E-state index is 12.7. The van der Waals surface area contributed by atoms with Crippen molar-refractivity contribution in [3.63, 3.8) is 0 Å². The molecule has 1 aromatic carbocycles. The number of hydrogen-bond acceptors (Lipinski definition) is 6. The molecule has 28 heavy (non-hydrogen) atoms. The van der Waals surface area contributed by atoms with Crippen LogP contribution in [0.2, 0.25) is 0 Å². The molecule has 1 amide bonds. The van der Waals surface area contributed by atoms with Crippen LogP contribution in [0.5, 0.6) is 0 Å². The molecule has 0 fully saturated rings. The first kappa shape index (κ1) is 22.6. The maximum Gasteiger partial charge on any atom is 0.433 e. The van der Waals surface area contributed by atoms with Gasteiger partial charge in [-0.05, 0) is 24.3 Å². The van der Waals surface area contributed by atoms with Crippen molar-refractivity contribution in [2.45, 2.75) is 20.0 Å². The summed E-state index contributed by atoms with van der Waals surface area (Å²) in [6.07, 6.45) is -3.81. The number of rotatable bonds is 4. The zero-order chi connectivity index (χ0) is 21.5. The van der Waals surface area contributed by atoms with Gasteiger partial charge in [0.1, 0.15) is 11.4 Å². The molecule has 0 saturated heterocycles. The van der Waals surface area contributed by atoms with E-state index in [4.69, 9.17) is 11.1 Å². The number of ether oxygens (including phenoxy) is 1. The third-order valence-electron chi connectivity index (χ3n) is 3.30. The van der Waals surface area contributed by atoms with Crippen LogP contribution < -0.4 is 11.1 Å². The van der Waals surface area contributed by atoms with E-state index in [2.05, 4.69) is 15.0 Å². The first-order chi connectivity index (χ1) is 13.2. The molecule has 2 rings (SSSR count). The summed E-state index contributed by atoms with van der Waals surface area (Å²) in [5.74, 6) is -1.79. The van der Waals surface area contributed by atoms with E-state index in [-0.39, 0.29) is 22.5 Å². The van der Waals surface area contributed by atoms with Gasteiger partial charge >= 0.3 is 12.1 Å². The number of benzene rings is 1. The second-order valence-electron chi connectivity index (χ2n) is 5.02. The lowest BCUT2D eigenvalue weighted by Crippen LogP contribution is -2.19. The number of aromatic nitrogens is 1. The highest BCUT2D eigenvalue weighted by Crippen LogP contribution is 2.28. The fourth-order valence-electron chi connectivity index (χ4n) is 2.05. The minimum atomic E-state index is -4.71. The van der Waals surface area contributed by atoms with Gasteiger partial charge in [-0.2, -0.15) is 13.2 Å². The number of nitrogens with zero attached hydrogens (tertiary/aromatic N) is 1. The molecule has 1 aromatic heterocycles. The van der Waals surface area contributed by atoms with E-state index >= 15 is 0 Å². The summed E-state index contributed by atoms with van der Waals surface area (Å²) in [6, 6.07) is 5.30. The van der Waals surface area contributed by atoms with Crippen LogP contribution in [0, 0.1) is 5.41 Å². The zero-order valence-corrected chi connectivity index (χ0v) is 15.3. The number of carbonyl (C=O) groups excluding carboxylic acids is 2. The van der Waals surface area contributed by atoms with Crippen LogP contribution in [-0.2, 0) is 10.9 Å². The Morgan fingerprint density at radius 3 is 2.43 bits per heavy atom. The second-order valence-corrected chi connectivity index (χ2v) is 5.02. The number of esters is 1. The third kappa shape index (κ3) is 5.29. The highest BCUT2D eigenvalue weighted by atomic mass is 19.4. The van der Waals surface area contributed by atoms with Gasteiger partial charge < -0.3 is 21.2 Å². The molecule has 0 aliphatic carbocycles. The fourth-order valence-corrected chi connectivity index (χ4v) is 2.05. The Morgan fingerprint density at radius 1 is 1.25 bits per heavy atom. The number of alkyl halides is 3. The van der Waals surface area contributed by atoms with Crippen LogP contribution in [-0.4, -0.2) is 30.2 Å². The van der Waals surface area contributed by atoms with E-state index < -0.39 is 29.4 Å². The number of anilines is 2. The van der Waals surface area contributed by atoms with Gasteiger partial charge in [-0.3, -0.25) is 4.79 Å². The number of carbonyl (C=O) groups is 2. The van der Waals surface area contributed by atoms with E-state index in [1.165, 1.54) is 12.1 Å². The molecule has 2 aromatic rings. The average Bonchev–Trinajstić information content (AvgIpc) is 2.69. The highest BCUT2D eigenvalue weighted by molar-refractivity contribution is 6.08. The van der Waals surface area contributed by atoms with E-state index in [0.29, 0.717) is 0 Å². The summed E-state index contributed by atoms with van der Waals surface area (Å²) in [7, 11) is 1.11. The Bertz CT molecular complexity index is 883. The van der Waals surface area contributed by atoms with Gasteiger partial charge in [0, 0.05) is 17.5 Å². The molecule has 0 bridgehead atoms.